The van der Waals surface area contributed by atoms with E-state index in [1.165, 1.54) is 13.2 Å². The van der Waals surface area contributed by atoms with Gasteiger partial charge in [0.2, 0.25) is 5.91 Å². The maximum Gasteiger partial charge on any atom is 0.356 e. The Labute approximate surface area is 152 Å². The highest BCUT2D eigenvalue weighted by Gasteiger charge is 2.19. The molecule has 0 atom stereocenters. The van der Waals surface area contributed by atoms with Crippen molar-refractivity contribution in [2.45, 2.75) is 0 Å². The molecule has 25 heavy (non-hydrogen) atoms. The Kier molecular flexibility index (Phi) is 5.00. The normalized spacial score (nSPS) is 11.0. The lowest BCUT2D eigenvalue weighted by Crippen LogP contribution is -2.12. The molecule has 0 saturated carbocycles. The summed E-state index contributed by atoms with van der Waals surface area (Å²) < 4.78 is 5.64. The summed E-state index contributed by atoms with van der Waals surface area (Å²) in [5.74, 6) is -0.885. The van der Waals surface area contributed by atoms with Crippen LogP contribution in [0.3, 0.4) is 0 Å². The van der Waals surface area contributed by atoms with E-state index in [0.717, 1.165) is 20.9 Å². The predicted molar refractivity (Wildman–Crippen MR) is 101 cm³/mol. The van der Waals surface area contributed by atoms with Gasteiger partial charge in [-0.1, -0.05) is 46.3 Å². The minimum atomic E-state index is -0.547. The second-order valence-electron chi connectivity index (χ2n) is 5.29. The minimum absolute atomic E-state index is 0.206. The molecular weight excluding hydrogens is 384 g/mol. The van der Waals surface area contributed by atoms with Crippen LogP contribution in [-0.4, -0.2) is 24.0 Å². The van der Waals surface area contributed by atoms with Gasteiger partial charge < -0.3 is 15.0 Å². The van der Waals surface area contributed by atoms with E-state index in [1.807, 2.05) is 48.5 Å². The molecule has 126 valence electrons. The number of hydrogen-bond donors (Lipinski definition) is 2. The van der Waals surface area contributed by atoms with Crippen molar-refractivity contribution in [1.82, 2.24) is 4.98 Å². The number of ether oxygens (including phenoxy) is 1. The first-order chi connectivity index (χ1) is 12.1. The zero-order valence-corrected chi connectivity index (χ0v) is 15.0. The molecule has 0 saturated heterocycles. The highest BCUT2D eigenvalue weighted by Crippen LogP contribution is 2.30. The molecule has 0 aliphatic heterocycles. The van der Waals surface area contributed by atoms with Crippen LogP contribution in [0.5, 0.6) is 0 Å². The van der Waals surface area contributed by atoms with Crippen LogP contribution >= 0.6 is 15.9 Å². The van der Waals surface area contributed by atoms with Crippen molar-refractivity contribution in [3.63, 3.8) is 0 Å². The van der Waals surface area contributed by atoms with Crippen LogP contribution in [0.15, 0.2) is 59.1 Å². The number of hydrogen-bond acceptors (Lipinski definition) is 3. The molecule has 0 aliphatic rings. The van der Waals surface area contributed by atoms with Gasteiger partial charge in [0.1, 0.15) is 5.69 Å². The summed E-state index contributed by atoms with van der Waals surface area (Å²) >= 11 is 3.40. The van der Waals surface area contributed by atoms with Gasteiger partial charge >= 0.3 is 5.97 Å². The highest BCUT2D eigenvalue weighted by molar-refractivity contribution is 9.10. The summed E-state index contributed by atoms with van der Waals surface area (Å²) in [5, 5.41) is 3.49. The fourth-order valence-electron chi connectivity index (χ4n) is 2.45. The molecule has 2 N–H and O–H groups in total. The van der Waals surface area contributed by atoms with Crippen molar-refractivity contribution in [3.8, 4) is 0 Å². The molecule has 0 fully saturated rings. The largest absolute Gasteiger partial charge is 0.464 e. The van der Waals surface area contributed by atoms with E-state index < -0.39 is 5.97 Å². The number of rotatable bonds is 4. The zero-order chi connectivity index (χ0) is 17.8. The third-order valence-corrected chi connectivity index (χ3v) is 4.12. The number of H-pyrrole nitrogens is 1. The molecule has 1 aromatic heterocycles. The topological polar surface area (TPSA) is 71.2 Å². The summed E-state index contributed by atoms with van der Waals surface area (Å²) in [6.07, 6.45) is 3.13. The lowest BCUT2D eigenvalue weighted by Gasteiger charge is -2.04. The second kappa shape index (κ2) is 7.36. The van der Waals surface area contributed by atoms with Gasteiger partial charge in [0, 0.05) is 21.5 Å². The van der Waals surface area contributed by atoms with E-state index in [2.05, 4.69) is 26.2 Å². The van der Waals surface area contributed by atoms with Gasteiger partial charge in [0.05, 0.1) is 12.8 Å². The van der Waals surface area contributed by atoms with Gasteiger partial charge in [-0.05, 0) is 29.8 Å². The zero-order valence-electron chi connectivity index (χ0n) is 13.4. The third-order valence-electron chi connectivity index (χ3n) is 3.63. The minimum Gasteiger partial charge on any atom is -0.464 e. The SMILES string of the molecule is COC(=O)c1[nH]c2ccc(Br)cc2c1NC(=O)/C=C/c1ccccc1. The molecule has 3 rings (SSSR count). The number of anilines is 1. The Morgan fingerprint density at radius 3 is 2.64 bits per heavy atom. The number of esters is 1. The first-order valence-corrected chi connectivity index (χ1v) is 8.31. The molecule has 2 aromatic carbocycles. The highest BCUT2D eigenvalue weighted by atomic mass is 79.9. The molecule has 0 spiro atoms. The van der Waals surface area contributed by atoms with Crippen LogP contribution in [0.25, 0.3) is 17.0 Å². The average molecular weight is 399 g/mol. The number of amides is 1. The van der Waals surface area contributed by atoms with Gasteiger partial charge in [-0.25, -0.2) is 4.79 Å². The van der Waals surface area contributed by atoms with E-state index in [1.54, 1.807) is 6.08 Å². The van der Waals surface area contributed by atoms with E-state index in [0.29, 0.717) is 5.69 Å². The van der Waals surface area contributed by atoms with Crippen LogP contribution < -0.4 is 5.32 Å². The number of methoxy groups -OCH3 is 1. The van der Waals surface area contributed by atoms with Crippen molar-refractivity contribution >= 4 is 50.5 Å². The molecule has 0 aliphatic carbocycles. The van der Waals surface area contributed by atoms with Gasteiger partial charge in [-0.2, -0.15) is 0 Å². The van der Waals surface area contributed by atoms with Crippen molar-refractivity contribution in [3.05, 3.63) is 70.3 Å². The molecule has 5 nitrogen and oxygen atoms in total. The second-order valence-corrected chi connectivity index (χ2v) is 6.21. The van der Waals surface area contributed by atoms with Gasteiger partial charge in [0.15, 0.2) is 0 Å². The maximum absolute atomic E-state index is 12.3. The van der Waals surface area contributed by atoms with Crippen molar-refractivity contribution in [2.75, 3.05) is 12.4 Å². The first kappa shape index (κ1) is 17.0. The van der Waals surface area contributed by atoms with Crippen LogP contribution in [0.4, 0.5) is 5.69 Å². The molecular formula is C19H15BrN2O3. The number of carbonyl (C=O) groups is 2. The molecule has 0 bridgehead atoms. The number of nitrogens with one attached hydrogen (secondary N) is 2. The van der Waals surface area contributed by atoms with E-state index in [-0.39, 0.29) is 11.6 Å². The third kappa shape index (κ3) is 3.80. The van der Waals surface area contributed by atoms with Crippen LogP contribution in [0.2, 0.25) is 0 Å². The van der Waals surface area contributed by atoms with Gasteiger partial charge in [-0.15, -0.1) is 0 Å². The summed E-state index contributed by atoms with van der Waals surface area (Å²) in [4.78, 5) is 27.3. The maximum atomic E-state index is 12.3. The lowest BCUT2D eigenvalue weighted by molar-refractivity contribution is -0.111. The van der Waals surface area contributed by atoms with E-state index in [9.17, 15) is 9.59 Å². The Morgan fingerprint density at radius 1 is 1.16 bits per heavy atom. The van der Waals surface area contributed by atoms with E-state index >= 15 is 0 Å². The Bertz CT molecular complexity index is 961. The van der Waals surface area contributed by atoms with Gasteiger partial charge in [0.25, 0.3) is 0 Å². The fourth-order valence-corrected chi connectivity index (χ4v) is 2.81. The first-order valence-electron chi connectivity index (χ1n) is 7.52. The number of fused-ring (bicyclic) bond motifs is 1. The number of aromatic nitrogens is 1. The Morgan fingerprint density at radius 2 is 1.92 bits per heavy atom. The summed E-state index contributed by atoms with van der Waals surface area (Å²) in [6, 6.07) is 15.0. The molecule has 6 heteroatoms. The standard InChI is InChI=1S/C19H15BrN2O3/c1-25-19(24)18-17(14-11-13(20)8-9-15(14)21-18)22-16(23)10-7-12-5-3-2-4-6-12/h2-11,21H,1H3,(H,22,23)/b10-7+. The molecule has 1 amide bonds. The molecule has 3 aromatic rings. The van der Waals surface area contributed by atoms with Crippen LogP contribution in [-0.2, 0) is 9.53 Å². The number of halogens is 1. The summed E-state index contributed by atoms with van der Waals surface area (Å²) in [5.41, 5.74) is 2.24. The Balaban J connectivity index is 1.93. The summed E-state index contributed by atoms with van der Waals surface area (Å²) in [7, 11) is 1.30. The monoisotopic (exact) mass is 398 g/mol. The average Bonchev–Trinajstić information content (AvgIpc) is 2.98. The summed E-state index contributed by atoms with van der Waals surface area (Å²) in [6.45, 7) is 0. The van der Waals surface area contributed by atoms with Crippen molar-refractivity contribution in [1.29, 1.82) is 0 Å². The van der Waals surface area contributed by atoms with Crippen molar-refractivity contribution < 1.29 is 14.3 Å². The quantitative estimate of drug-likeness (QED) is 0.506. The number of benzene rings is 2. The molecule has 1 heterocycles. The van der Waals surface area contributed by atoms with Gasteiger partial charge in [-0.3, -0.25) is 4.79 Å². The predicted octanol–water partition coefficient (Wildman–Crippen LogP) is 4.37. The lowest BCUT2D eigenvalue weighted by atomic mass is 10.2. The fraction of sp³-hybridized carbons (Fsp3) is 0.0526. The number of aromatic amines is 1. The van der Waals surface area contributed by atoms with Crippen molar-refractivity contribution in [2.24, 2.45) is 0 Å². The Hall–Kier alpha value is -2.86. The molecule has 0 unspecified atom stereocenters. The molecule has 0 radical (unpaired) electrons. The van der Waals surface area contributed by atoms with E-state index in [4.69, 9.17) is 4.74 Å². The van der Waals surface area contributed by atoms with Crippen LogP contribution in [0.1, 0.15) is 16.1 Å². The number of carbonyl (C=O) groups excluding carboxylic acids is 2. The smallest absolute Gasteiger partial charge is 0.356 e. The van der Waals surface area contributed by atoms with Crippen LogP contribution in [0, 0.1) is 0 Å².